The van der Waals surface area contributed by atoms with Crippen molar-refractivity contribution in [3.05, 3.63) is 57.5 Å². The number of H-pyrrole nitrogens is 1. The van der Waals surface area contributed by atoms with E-state index in [0.717, 1.165) is 24.0 Å². The Kier molecular flexibility index (Phi) is 4.75. The van der Waals surface area contributed by atoms with Crippen LogP contribution in [-0.4, -0.2) is 26.3 Å². The molecule has 0 saturated carbocycles. The number of para-hydroxylation sites is 2. The smallest absolute Gasteiger partial charge is 0.295 e. The Morgan fingerprint density at radius 1 is 1.27 bits per heavy atom. The molecule has 0 unspecified atom stereocenters. The molecule has 26 heavy (non-hydrogen) atoms. The fourth-order valence-corrected chi connectivity index (χ4v) is 3.43. The first-order valence-corrected chi connectivity index (χ1v) is 9.25. The molecular weight excluding hydrogens is 350 g/mol. The van der Waals surface area contributed by atoms with Gasteiger partial charge in [-0.05, 0) is 44.2 Å². The summed E-state index contributed by atoms with van der Waals surface area (Å²) in [6.45, 7) is 0.737. The van der Waals surface area contributed by atoms with Gasteiger partial charge in [-0.15, -0.1) is 0 Å². The van der Waals surface area contributed by atoms with Crippen LogP contribution in [0.1, 0.15) is 32.1 Å². The third-order valence-electron chi connectivity index (χ3n) is 4.64. The van der Waals surface area contributed by atoms with Crippen LogP contribution >= 0.6 is 11.6 Å². The highest BCUT2D eigenvalue weighted by Gasteiger charge is 2.13. The number of aromatic nitrogens is 4. The fraction of sp³-hybridized carbons (Fsp3) is 0.316. The van der Waals surface area contributed by atoms with Crippen LogP contribution in [0.3, 0.4) is 0 Å². The Balaban J connectivity index is 1.53. The van der Waals surface area contributed by atoms with Crippen LogP contribution in [-0.2, 0) is 0 Å². The predicted octanol–water partition coefficient (Wildman–Crippen LogP) is 4.06. The number of aromatic amines is 1. The van der Waals surface area contributed by atoms with Gasteiger partial charge >= 0.3 is 0 Å². The highest BCUT2D eigenvalue weighted by molar-refractivity contribution is 6.32. The van der Waals surface area contributed by atoms with Gasteiger partial charge in [-0.1, -0.05) is 35.4 Å². The SMILES string of the molecule is O=c1c(Cl)c(NCCC2=CCCCC2)cnn1-c1nc2ccccc2[nH]1. The van der Waals surface area contributed by atoms with Gasteiger partial charge in [-0.2, -0.15) is 9.78 Å². The zero-order chi connectivity index (χ0) is 17.9. The number of benzene rings is 1. The molecule has 0 spiro atoms. The van der Waals surface area contributed by atoms with Crippen LogP contribution in [0.2, 0.25) is 5.02 Å². The van der Waals surface area contributed by atoms with Crippen LogP contribution in [0.5, 0.6) is 0 Å². The average molecular weight is 370 g/mol. The molecule has 2 N–H and O–H groups in total. The first-order chi connectivity index (χ1) is 12.7. The first kappa shape index (κ1) is 16.8. The van der Waals surface area contributed by atoms with E-state index >= 15 is 0 Å². The summed E-state index contributed by atoms with van der Waals surface area (Å²) >= 11 is 6.28. The van der Waals surface area contributed by atoms with E-state index in [1.807, 2.05) is 24.3 Å². The van der Waals surface area contributed by atoms with Crippen LogP contribution in [0.4, 0.5) is 5.69 Å². The maximum absolute atomic E-state index is 12.6. The minimum atomic E-state index is -0.396. The molecular formula is C19H20ClN5O. The van der Waals surface area contributed by atoms with Gasteiger partial charge in [0.1, 0.15) is 5.02 Å². The second-order valence-electron chi connectivity index (χ2n) is 6.45. The van der Waals surface area contributed by atoms with E-state index in [1.54, 1.807) is 6.20 Å². The molecule has 1 aromatic carbocycles. The van der Waals surface area contributed by atoms with E-state index in [9.17, 15) is 4.79 Å². The van der Waals surface area contributed by atoms with Crippen molar-refractivity contribution in [3.8, 4) is 5.95 Å². The van der Waals surface area contributed by atoms with E-state index < -0.39 is 5.56 Å². The number of fused-ring (bicyclic) bond motifs is 1. The first-order valence-electron chi connectivity index (χ1n) is 8.87. The molecule has 0 fully saturated rings. The van der Waals surface area contributed by atoms with Crippen molar-refractivity contribution < 1.29 is 0 Å². The van der Waals surface area contributed by atoms with E-state index in [0.29, 0.717) is 11.6 Å². The monoisotopic (exact) mass is 369 g/mol. The summed E-state index contributed by atoms with van der Waals surface area (Å²) in [6, 6.07) is 7.57. The normalized spacial score (nSPS) is 14.4. The summed E-state index contributed by atoms with van der Waals surface area (Å²) in [4.78, 5) is 20.1. The van der Waals surface area contributed by atoms with Crippen LogP contribution in [0.25, 0.3) is 17.0 Å². The Morgan fingerprint density at radius 3 is 2.96 bits per heavy atom. The zero-order valence-corrected chi connectivity index (χ0v) is 15.1. The lowest BCUT2D eigenvalue weighted by Crippen LogP contribution is -2.24. The van der Waals surface area contributed by atoms with E-state index in [4.69, 9.17) is 11.6 Å². The Bertz CT molecular complexity index is 987. The number of nitrogens with zero attached hydrogens (tertiary/aromatic N) is 3. The van der Waals surface area contributed by atoms with Gasteiger partial charge in [0.25, 0.3) is 5.56 Å². The van der Waals surface area contributed by atoms with Crippen molar-refractivity contribution in [2.75, 3.05) is 11.9 Å². The molecule has 0 bridgehead atoms. The molecule has 2 aromatic heterocycles. The van der Waals surface area contributed by atoms with Crippen molar-refractivity contribution in [2.24, 2.45) is 0 Å². The number of nitrogens with one attached hydrogen (secondary N) is 2. The lowest BCUT2D eigenvalue weighted by molar-refractivity contribution is 0.679. The summed E-state index contributed by atoms with van der Waals surface area (Å²) in [5.74, 6) is 0.358. The van der Waals surface area contributed by atoms with Crippen molar-refractivity contribution >= 4 is 28.3 Å². The Morgan fingerprint density at radius 2 is 2.15 bits per heavy atom. The van der Waals surface area contributed by atoms with Gasteiger partial charge in [0.05, 0.1) is 22.9 Å². The molecule has 0 saturated heterocycles. The van der Waals surface area contributed by atoms with Crippen LogP contribution in [0.15, 0.2) is 46.9 Å². The number of imidazole rings is 1. The third-order valence-corrected chi connectivity index (χ3v) is 5.01. The van der Waals surface area contributed by atoms with Gasteiger partial charge < -0.3 is 10.3 Å². The molecule has 0 amide bonds. The molecule has 0 aliphatic heterocycles. The van der Waals surface area contributed by atoms with E-state index in [-0.39, 0.29) is 5.02 Å². The molecule has 0 atom stereocenters. The van der Waals surface area contributed by atoms with E-state index in [2.05, 4.69) is 26.5 Å². The number of hydrogen-bond donors (Lipinski definition) is 2. The van der Waals surface area contributed by atoms with Gasteiger partial charge in [0.2, 0.25) is 5.95 Å². The molecule has 1 aliphatic carbocycles. The quantitative estimate of drug-likeness (QED) is 0.665. The lowest BCUT2D eigenvalue weighted by atomic mass is 9.97. The zero-order valence-electron chi connectivity index (χ0n) is 14.3. The second kappa shape index (κ2) is 7.33. The highest BCUT2D eigenvalue weighted by atomic mass is 35.5. The van der Waals surface area contributed by atoms with Gasteiger partial charge in [0, 0.05) is 6.54 Å². The minimum absolute atomic E-state index is 0.123. The van der Waals surface area contributed by atoms with Crippen LogP contribution in [0, 0.1) is 0 Å². The second-order valence-corrected chi connectivity index (χ2v) is 6.83. The average Bonchev–Trinajstić information content (AvgIpc) is 3.10. The molecule has 6 nitrogen and oxygen atoms in total. The summed E-state index contributed by atoms with van der Waals surface area (Å²) in [5, 5.41) is 7.57. The molecule has 0 radical (unpaired) electrons. The summed E-state index contributed by atoms with van der Waals surface area (Å²) in [7, 11) is 0. The van der Waals surface area contributed by atoms with E-state index in [1.165, 1.54) is 35.9 Å². The van der Waals surface area contributed by atoms with Gasteiger partial charge in [-0.25, -0.2) is 4.98 Å². The van der Waals surface area contributed by atoms with Gasteiger partial charge in [-0.3, -0.25) is 4.79 Å². The number of rotatable bonds is 5. The number of allylic oxidation sites excluding steroid dienone is 1. The topological polar surface area (TPSA) is 75.6 Å². The third kappa shape index (κ3) is 3.37. The molecule has 134 valence electrons. The highest BCUT2D eigenvalue weighted by Crippen LogP contribution is 2.21. The maximum atomic E-state index is 12.6. The number of halogens is 1. The van der Waals surface area contributed by atoms with Gasteiger partial charge in [0.15, 0.2) is 0 Å². The van der Waals surface area contributed by atoms with Crippen molar-refractivity contribution in [2.45, 2.75) is 32.1 Å². The standard InChI is InChI=1S/C19H20ClN5O/c20-17-16(21-11-10-13-6-2-1-3-7-13)12-22-25(18(17)26)19-23-14-8-4-5-9-15(14)24-19/h4-6,8-9,12,21H,1-3,7,10-11H2,(H,23,24). The molecule has 1 aliphatic rings. The maximum Gasteiger partial charge on any atom is 0.295 e. The van der Waals surface area contributed by atoms with Crippen molar-refractivity contribution in [3.63, 3.8) is 0 Å². The Hall–Kier alpha value is -2.60. The number of anilines is 1. The predicted molar refractivity (Wildman–Crippen MR) is 104 cm³/mol. The minimum Gasteiger partial charge on any atom is -0.382 e. The largest absolute Gasteiger partial charge is 0.382 e. The lowest BCUT2D eigenvalue weighted by Gasteiger charge is -2.14. The fourth-order valence-electron chi connectivity index (χ4n) is 3.24. The molecule has 2 heterocycles. The van der Waals surface area contributed by atoms with Crippen molar-refractivity contribution in [1.82, 2.24) is 19.7 Å². The molecule has 4 rings (SSSR count). The Labute approximate surface area is 155 Å². The van der Waals surface area contributed by atoms with Crippen LogP contribution < -0.4 is 10.9 Å². The summed E-state index contributed by atoms with van der Waals surface area (Å²) in [6.07, 6.45) is 9.75. The molecule has 7 heteroatoms. The van der Waals surface area contributed by atoms with Crippen molar-refractivity contribution in [1.29, 1.82) is 0 Å². The number of hydrogen-bond acceptors (Lipinski definition) is 4. The summed E-state index contributed by atoms with van der Waals surface area (Å²) < 4.78 is 1.19. The molecule has 3 aromatic rings. The summed E-state index contributed by atoms with van der Waals surface area (Å²) in [5.41, 5.74) is 3.25.